The summed E-state index contributed by atoms with van der Waals surface area (Å²) in [5.74, 6) is 0.264. The van der Waals surface area contributed by atoms with Crippen molar-refractivity contribution in [3.05, 3.63) is 47.5 Å². The van der Waals surface area contributed by atoms with Crippen molar-refractivity contribution < 1.29 is 14.3 Å². The van der Waals surface area contributed by atoms with Crippen LogP contribution in [0.15, 0.2) is 42.5 Å². The van der Waals surface area contributed by atoms with Crippen LogP contribution in [0.4, 0.5) is 10.6 Å². The Bertz CT molecular complexity index is 856. The number of alkyl carbamates (subject to hydrolysis) is 1. The number of nitrogens with two attached hydrogens (primary N) is 1. The number of amides is 2. The lowest BCUT2D eigenvalue weighted by molar-refractivity contribution is -0.120. The monoisotopic (exact) mass is 417 g/mol. The summed E-state index contributed by atoms with van der Waals surface area (Å²) in [5, 5.41) is 3.30. The third-order valence-corrected chi connectivity index (χ3v) is 4.83. The van der Waals surface area contributed by atoms with E-state index < -0.39 is 18.6 Å². The minimum atomic E-state index is -0.677. The third-order valence-electron chi connectivity index (χ3n) is 4.59. The molecule has 1 aliphatic rings. The van der Waals surface area contributed by atoms with Crippen molar-refractivity contribution in [3.8, 4) is 11.3 Å². The van der Waals surface area contributed by atoms with Gasteiger partial charge < -0.3 is 20.7 Å². The maximum absolute atomic E-state index is 11.4. The topological polar surface area (TPSA) is 101 Å². The normalized spacial score (nSPS) is 14.4. The van der Waals surface area contributed by atoms with Gasteiger partial charge in [-0.15, -0.1) is 0 Å². The van der Waals surface area contributed by atoms with Gasteiger partial charge in [0.05, 0.1) is 5.69 Å². The number of carbonyl (C=O) groups is 2. The van der Waals surface area contributed by atoms with Crippen molar-refractivity contribution in [1.82, 2.24) is 15.2 Å². The molecule has 1 aromatic heterocycles. The number of pyridine rings is 1. The number of carbonyl (C=O) groups excluding carboxylic acids is 2. The van der Waals surface area contributed by atoms with Gasteiger partial charge in [-0.1, -0.05) is 29.8 Å². The van der Waals surface area contributed by atoms with E-state index in [1.54, 1.807) is 0 Å². The second-order valence-corrected chi connectivity index (χ2v) is 7.13. The lowest BCUT2D eigenvalue weighted by Gasteiger charge is -2.35. The first-order chi connectivity index (χ1) is 14.0. The van der Waals surface area contributed by atoms with E-state index in [0.717, 1.165) is 43.3 Å². The minimum Gasteiger partial charge on any atom is -0.439 e. The Morgan fingerprint density at radius 3 is 2.62 bits per heavy atom. The maximum Gasteiger partial charge on any atom is 0.407 e. The minimum absolute atomic E-state index is 0.411. The van der Waals surface area contributed by atoms with E-state index in [4.69, 9.17) is 22.3 Å². The second kappa shape index (κ2) is 10.1. The van der Waals surface area contributed by atoms with E-state index in [1.807, 2.05) is 42.5 Å². The summed E-state index contributed by atoms with van der Waals surface area (Å²) >= 11 is 6.09. The fourth-order valence-corrected chi connectivity index (χ4v) is 3.30. The molecule has 1 aromatic carbocycles. The first-order valence-electron chi connectivity index (χ1n) is 9.40. The number of rotatable bonds is 7. The molecule has 3 N–H and O–H groups in total. The molecule has 0 atom stereocenters. The number of hydrogen-bond donors (Lipinski definition) is 2. The Morgan fingerprint density at radius 2 is 1.90 bits per heavy atom. The van der Waals surface area contributed by atoms with Crippen LogP contribution < -0.4 is 16.0 Å². The number of anilines is 1. The Balaban J connectivity index is 1.47. The Hall–Kier alpha value is -2.84. The molecular formula is C20H24ClN5O3. The Morgan fingerprint density at radius 1 is 1.14 bits per heavy atom. The van der Waals surface area contributed by atoms with Crippen LogP contribution in [0.5, 0.6) is 0 Å². The van der Waals surface area contributed by atoms with Gasteiger partial charge in [0.2, 0.25) is 0 Å². The summed E-state index contributed by atoms with van der Waals surface area (Å²) in [7, 11) is 0. The molecule has 154 valence electrons. The number of aromatic nitrogens is 1. The average molecular weight is 418 g/mol. The standard InChI is InChI=1S/C20H24ClN5O3/c21-16-4-1-3-15(13-16)17-5-2-6-19(24-17)26-11-9-25(10-12-26)8-7-23-20(28)29-14-18(22)27/h1-6,13H,7-12,14H2,(H2,22,27)(H,23,28). The van der Waals surface area contributed by atoms with Crippen molar-refractivity contribution in [3.63, 3.8) is 0 Å². The molecule has 2 amide bonds. The quantitative estimate of drug-likeness (QED) is 0.711. The zero-order valence-corrected chi connectivity index (χ0v) is 16.8. The van der Waals surface area contributed by atoms with E-state index in [2.05, 4.69) is 19.9 Å². The molecule has 0 saturated carbocycles. The predicted octanol–water partition coefficient (Wildman–Crippen LogP) is 1.74. The van der Waals surface area contributed by atoms with Gasteiger partial charge in [0.25, 0.3) is 5.91 Å². The number of primary amides is 1. The van der Waals surface area contributed by atoms with Crippen LogP contribution in [0.3, 0.4) is 0 Å². The molecule has 8 nitrogen and oxygen atoms in total. The molecule has 0 aliphatic carbocycles. The zero-order valence-electron chi connectivity index (χ0n) is 16.0. The largest absolute Gasteiger partial charge is 0.439 e. The first kappa shape index (κ1) is 20.9. The molecule has 3 rings (SSSR count). The zero-order chi connectivity index (χ0) is 20.6. The van der Waals surface area contributed by atoms with Crippen molar-refractivity contribution in [1.29, 1.82) is 0 Å². The van der Waals surface area contributed by atoms with Crippen LogP contribution >= 0.6 is 11.6 Å². The van der Waals surface area contributed by atoms with Crippen LogP contribution in [-0.4, -0.2) is 67.8 Å². The SMILES string of the molecule is NC(=O)COC(=O)NCCN1CCN(c2cccc(-c3cccc(Cl)c3)n2)CC1. The van der Waals surface area contributed by atoms with Gasteiger partial charge in [-0.3, -0.25) is 9.69 Å². The van der Waals surface area contributed by atoms with Gasteiger partial charge >= 0.3 is 6.09 Å². The van der Waals surface area contributed by atoms with Gasteiger partial charge in [-0.2, -0.15) is 0 Å². The van der Waals surface area contributed by atoms with E-state index in [9.17, 15) is 9.59 Å². The van der Waals surface area contributed by atoms with Gasteiger partial charge in [-0.25, -0.2) is 9.78 Å². The summed E-state index contributed by atoms with van der Waals surface area (Å²) in [6.07, 6.45) is -0.635. The molecule has 1 aliphatic heterocycles. The summed E-state index contributed by atoms with van der Waals surface area (Å²) < 4.78 is 4.65. The number of ether oxygens (including phenoxy) is 1. The van der Waals surface area contributed by atoms with Crippen LogP contribution in [0.1, 0.15) is 0 Å². The molecule has 2 aromatic rings. The van der Waals surface area contributed by atoms with E-state index in [1.165, 1.54) is 0 Å². The van der Waals surface area contributed by atoms with Crippen LogP contribution in [0.2, 0.25) is 5.02 Å². The summed E-state index contributed by atoms with van der Waals surface area (Å²) in [5.41, 5.74) is 6.82. The Labute approximate surface area is 174 Å². The van der Waals surface area contributed by atoms with Crippen LogP contribution in [-0.2, 0) is 9.53 Å². The smallest absolute Gasteiger partial charge is 0.407 e. The fourth-order valence-electron chi connectivity index (χ4n) is 3.11. The highest BCUT2D eigenvalue weighted by Crippen LogP contribution is 2.23. The molecular weight excluding hydrogens is 394 g/mol. The van der Waals surface area contributed by atoms with Crippen LogP contribution in [0.25, 0.3) is 11.3 Å². The third kappa shape index (κ3) is 6.33. The van der Waals surface area contributed by atoms with Crippen molar-refractivity contribution in [2.75, 3.05) is 50.8 Å². The molecule has 0 bridgehead atoms. The fraction of sp³-hybridized carbons (Fsp3) is 0.350. The Kier molecular flexibility index (Phi) is 7.26. The average Bonchev–Trinajstić information content (AvgIpc) is 2.73. The summed E-state index contributed by atoms with van der Waals surface area (Å²) in [6.45, 7) is 4.15. The van der Waals surface area contributed by atoms with Crippen molar-refractivity contribution >= 4 is 29.4 Å². The van der Waals surface area contributed by atoms with E-state index >= 15 is 0 Å². The number of halogens is 1. The number of nitrogens with zero attached hydrogens (tertiary/aromatic N) is 3. The van der Waals surface area contributed by atoms with Gasteiger partial charge in [0.15, 0.2) is 6.61 Å². The number of nitrogens with one attached hydrogen (secondary N) is 1. The number of piperazine rings is 1. The predicted molar refractivity (Wildman–Crippen MR) is 112 cm³/mol. The lowest BCUT2D eigenvalue weighted by Crippen LogP contribution is -2.48. The summed E-state index contributed by atoms with van der Waals surface area (Å²) in [6, 6.07) is 13.7. The van der Waals surface area contributed by atoms with E-state index in [-0.39, 0.29) is 0 Å². The van der Waals surface area contributed by atoms with Gasteiger partial charge in [0, 0.05) is 49.9 Å². The molecule has 9 heteroatoms. The van der Waals surface area contributed by atoms with Gasteiger partial charge in [-0.05, 0) is 24.3 Å². The van der Waals surface area contributed by atoms with Crippen LogP contribution in [0, 0.1) is 0 Å². The molecule has 1 fully saturated rings. The lowest BCUT2D eigenvalue weighted by atomic mass is 10.1. The number of hydrogen-bond acceptors (Lipinski definition) is 6. The first-order valence-corrected chi connectivity index (χ1v) is 9.78. The molecule has 29 heavy (non-hydrogen) atoms. The molecule has 2 heterocycles. The molecule has 0 unspecified atom stereocenters. The summed E-state index contributed by atoms with van der Waals surface area (Å²) in [4.78, 5) is 31.3. The molecule has 0 spiro atoms. The van der Waals surface area contributed by atoms with Crippen molar-refractivity contribution in [2.45, 2.75) is 0 Å². The van der Waals surface area contributed by atoms with Gasteiger partial charge in [0.1, 0.15) is 5.82 Å². The highest BCUT2D eigenvalue weighted by molar-refractivity contribution is 6.30. The molecule has 1 saturated heterocycles. The number of benzene rings is 1. The second-order valence-electron chi connectivity index (χ2n) is 6.69. The highest BCUT2D eigenvalue weighted by atomic mass is 35.5. The highest BCUT2D eigenvalue weighted by Gasteiger charge is 2.18. The molecule has 0 radical (unpaired) electrons. The van der Waals surface area contributed by atoms with Crippen molar-refractivity contribution in [2.24, 2.45) is 5.73 Å². The van der Waals surface area contributed by atoms with E-state index in [0.29, 0.717) is 18.1 Å². The maximum atomic E-state index is 11.4.